The lowest BCUT2D eigenvalue weighted by molar-refractivity contribution is 0.475. The zero-order chi connectivity index (χ0) is 14.4. The highest BCUT2D eigenvalue weighted by Crippen LogP contribution is 2.34. The van der Waals surface area contributed by atoms with Gasteiger partial charge < -0.3 is 10.4 Å². The number of fused-ring (bicyclic) bond motifs is 1. The first-order chi connectivity index (χ1) is 10.2. The highest BCUT2D eigenvalue weighted by molar-refractivity contribution is 7.18. The first-order valence-corrected chi connectivity index (χ1v) is 7.85. The van der Waals surface area contributed by atoms with Crippen molar-refractivity contribution in [3.8, 4) is 17.1 Å². The third kappa shape index (κ3) is 2.45. The molecule has 0 spiro atoms. The Morgan fingerprint density at radius 3 is 2.67 bits per heavy atom. The minimum Gasteiger partial charge on any atom is -0.508 e. The molecule has 106 valence electrons. The van der Waals surface area contributed by atoms with Gasteiger partial charge in [-0.1, -0.05) is 0 Å². The zero-order valence-electron chi connectivity index (χ0n) is 11.6. The largest absolute Gasteiger partial charge is 0.508 e. The Bertz CT molecular complexity index is 806. The molecular weight excluding hydrogens is 282 g/mol. The minimum absolute atomic E-state index is 0.253. The van der Waals surface area contributed by atoms with Crippen molar-refractivity contribution in [1.29, 1.82) is 0 Å². The number of aryl methyl sites for hydroxylation is 1. The van der Waals surface area contributed by atoms with Crippen LogP contribution in [0.2, 0.25) is 0 Å². The van der Waals surface area contributed by atoms with Gasteiger partial charge in [0.2, 0.25) is 0 Å². The van der Waals surface area contributed by atoms with Crippen molar-refractivity contribution in [1.82, 2.24) is 9.97 Å². The molecule has 0 aliphatic heterocycles. The third-order valence-electron chi connectivity index (χ3n) is 3.56. The smallest absolute Gasteiger partial charge is 0.163 e. The molecule has 4 rings (SSSR count). The molecule has 0 unspecified atom stereocenters. The van der Waals surface area contributed by atoms with Crippen LogP contribution in [0, 0.1) is 6.92 Å². The number of hydrogen-bond donors (Lipinski definition) is 2. The van der Waals surface area contributed by atoms with Crippen LogP contribution in [-0.4, -0.2) is 21.1 Å². The lowest BCUT2D eigenvalue weighted by atomic mass is 10.2. The Kier molecular flexibility index (Phi) is 2.82. The Labute approximate surface area is 126 Å². The number of thiophene rings is 1. The molecule has 2 heterocycles. The van der Waals surface area contributed by atoms with E-state index in [1.807, 2.05) is 12.1 Å². The SMILES string of the molecule is Cc1cc2c(NC3CC3)nc(-c3ccc(O)cc3)nc2s1. The average molecular weight is 297 g/mol. The van der Waals surface area contributed by atoms with Gasteiger partial charge >= 0.3 is 0 Å². The topological polar surface area (TPSA) is 58.0 Å². The van der Waals surface area contributed by atoms with E-state index < -0.39 is 0 Å². The van der Waals surface area contributed by atoms with Crippen molar-refractivity contribution >= 4 is 27.4 Å². The molecule has 2 N–H and O–H groups in total. The van der Waals surface area contributed by atoms with Gasteiger partial charge in [-0.15, -0.1) is 11.3 Å². The maximum Gasteiger partial charge on any atom is 0.163 e. The molecule has 3 aromatic rings. The molecule has 2 aromatic heterocycles. The fourth-order valence-electron chi connectivity index (χ4n) is 2.31. The van der Waals surface area contributed by atoms with Gasteiger partial charge in [-0.05, 0) is 50.1 Å². The molecule has 1 saturated carbocycles. The maximum absolute atomic E-state index is 9.41. The number of aromatic nitrogens is 2. The zero-order valence-corrected chi connectivity index (χ0v) is 12.4. The molecular formula is C16H15N3OS. The second-order valence-electron chi connectivity index (χ2n) is 5.44. The summed E-state index contributed by atoms with van der Waals surface area (Å²) in [7, 11) is 0. The van der Waals surface area contributed by atoms with Crippen molar-refractivity contribution in [2.24, 2.45) is 0 Å². The van der Waals surface area contributed by atoms with E-state index in [2.05, 4.69) is 23.3 Å². The number of phenols is 1. The van der Waals surface area contributed by atoms with Crippen LogP contribution in [0.3, 0.4) is 0 Å². The van der Waals surface area contributed by atoms with Crippen molar-refractivity contribution in [2.75, 3.05) is 5.32 Å². The summed E-state index contributed by atoms with van der Waals surface area (Å²) in [6.07, 6.45) is 2.42. The van der Waals surface area contributed by atoms with Gasteiger partial charge in [-0.2, -0.15) is 0 Å². The van der Waals surface area contributed by atoms with Crippen molar-refractivity contribution in [3.63, 3.8) is 0 Å². The molecule has 0 amide bonds. The number of rotatable bonds is 3. The molecule has 1 aliphatic carbocycles. The van der Waals surface area contributed by atoms with E-state index >= 15 is 0 Å². The summed E-state index contributed by atoms with van der Waals surface area (Å²) in [5.41, 5.74) is 0.916. The van der Waals surface area contributed by atoms with E-state index in [4.69, 9.17) is 4.98 Å². The lowest BCUT2D eigenvalue weighted by Gasteiger charge is -2.08. The average Bonchev–Trinajstić information content (AvgIpc) is 3.19. The molecule has 0 bridgehead atoms. The number of nitrogens with one attached hydrogen (secondary N) is 1. The van der Waals surface area contributed by atoms with Gasteiger partial charge in [0.05, 0.1) is 5.39 Å². The normalized spacial score (nSPS) is 14.5. The van der Waals surface area contributed by atoms with Gasteiger partial charge in [0, 0.05) is 16.5 Å². The summed E-state index contributed by atoms with van der Waals surface area (Å²) >= 11 is 1.69. The van der Waals surface area contributed by atoms with Crippen LogP contribution in [-0.2, 0) is 0 Å². The summed E-state index contributed by atoms with van der Waals surface area (Å²) in [5, 5.41) is 14.0. The van der Waals surface area contributed by atoms with Crippen molar-refractivity contribution < 1.29 is 5.11 Å². The number of aromatic hydroxyl groups is 1. The monoisotopic (exact) mass is 297 g/mol. The van der Waals surface area contributed by atoms with Gasteiger partial charge in [0.1, 0.15) is 16.4 Å². The number of hydrogen-bond acceptors (Lipinski definition) is 5. The van der Waals surface area contributed by atoms with Gasteiger partial charge in [-0.3, -0.25) is 0 Å². The van der Waals surface area contributed by atoms with Crippen LogP contribution in [0.25, 0.3) is 21.6 Å². The molecule has 4 nitrogen and oxygen atoms in total. The third-order valence-corrected chi connectivity index (χ3v) is 4.50. The fourth-order valence-corrected chi connectivity index (χ4v) is 3.19. The van der Waals surface area contributed by atoms with E-state index in [9.17, 15) is 5.11 Å². The van der Waals surface area contributed by atoms with Gasteiger partial charge in [0.15, 0.2) is 5.82 Å². The van der Waals surface area contributed by atoms with E-state index in [1.54, 1.807) is 23.5 Å². The first-order valence-electron chi connectivity index (χ1n) is 7.03. The molecule has 0 radical (unpaired) electrons. The minimum atomic E-state index is 0.253. The molecule has 0 saturated heterocycles. The molecule has 0 atom stereocenters. The van der Waals surface area contributed by atoms with Gasteiger partial charge in [0.25, 0.3) is 0 Å². The summed E-state index contributed by atoms with van der Waals surface area (Å²) in [4.78, 5) is 11.6. The molecule has 5 heteroatoms. The van der Waals surface area contributed by atoms with Crippen LogP contribution in [0.5, 0.6) is 5.75 Å². The quantitative estimate of drug-likeness (QED) is 0.768. The predicted molar refractivity (Wildman–Crippen MR) is 85.9 cm³/mol. The summed E-state index contributed by atoms with van der Waals surface area (Å²) in [6, 6.07) is 9.71. The number of phenolic OH excluding ortho intramolecular Hbond substituents is 1. The lowest BCUT2D eigenvalue weighted by Crippen LogP contribution is -2.04. The molecule has 1 aromatic carbocycles. The molecule has 1 fully saturated rings. The van der Waals surface area contributed by atoms with Crippen LogP contribution in [0.4, 0.5) is 5.82 Å². The van der Waals surface area contributed by atoms with E-state index in [1.165, 1.54) is 17.7 Å². The van der Waals surface area contributed by atoms with E-state index in [0.29, 0.717) is 11.9 Å². The Morgan fingerprint density at radius 2 is 1.95 bits per heavy atom. The van der Waals surface area contributed by atoms with Crippen LogP contribution >= 0.6 is 11.3 Å². The maximum atomic E-state index is 9.41. The summed E-state index contributed by atoms with van der Waals surface area (Å²) < 4.78 is 0. The Balaban J connectivity index is 1.86. The summed E-state index contributed by atoms with van der Waals surface area (Å²) in [5.74, 6) is 1.88. The predicted octanol–water partition coefficient (Wildman–Crippen LogP) is 3.95. The standard InChI is InChI=1S/C16H15N3OS/c1-9-8-13-15(17-11-4-5-11)18-14(19-16(13)21-9)10-2-6-12(20)7-3-10/h2-3,6-8,11,20H,4-5H2,1H3,(H,17,18,19). The number of nitrogens with zero attached hydrogens (tertiary/aromatic N) is 2. The van der Waals surface area contributed by atoms with E-state index in [0.717, 1.165) is 21.6 Å². The summed E-state index contributed by atoms with van der Waals surface area (Å²) in [6.45, 7) is 2.09. The van der Waals surface area contributed by atoms with Gasteiger partial charge in [-0.25, -0.2) is 9.97 Å². The number of anilines is 1. The Hall–Kier alpha value is -2.14. The van der Waals surface area contributed by atoms with E-state index in [-0.39, 0.29) is 5.75 Å². The second kappa shape index (κ2) is 4.70. The number of benzene rings is 1. The van der Waals surface area contributed by atoms with Crippen LogP contribution in [0.15, 0.2) is 30.3 Å². The second-order valence-corrected chi connectivity index (χ2v) is 6.67. The van der Waals surface area contributed by atoms with Crippen LogP contribution in [0.1, 0.15) is 17.7 Å². The molecule has 1 aliphatic rings. The highest BCUT2D eigenvalue weighted by Gasteiger charge is 2.23. The van der Waals surface area contributed by atoms with Crippen LogP contribution < -0.4 is 5.32 Å². The molecule has 21 heavy (non-hydrogen) atoms. The highest BCUT2D eigenvalue weighted by atomic mass is 32.1. The van der Waals surface area contributed by atoms with Crippen molar-refractivity contribution in [3.05, 3.63) is 35.2 Å². The fraction of sp³-hybridized carbons (Fsp3) is 0.250. The van der Waals surface area contributed by atoms with Crippen molar-refractivity contribution in [2.45, 2.75) is 25.8 Å². The Morgan fingerprint density at radius 1 is 1.19 bits per heavy atom. The first kappa shape index (κ1) is 12.6.